The Morgan fingerprint density at radius 1 is 0.926 bits per heavy atom. The van der Waals surface area contributed by atoms with E-state index in [4.69, 9.17) is 4.98 Å². The summed E-state index contributed by atoms with van der Waals surface area (Å²) in [6.45, 7) is 7.12. The molecular formula is C22H26I2N2Sm. The van der Waals surface area contributed by atoms with Crippen LogP contribution < -0.4 is 48.0 Å². The zero-order valence-corrected chi connectivity index (χ0v) is 23.0. The maximum absolute atomic E-state index is 5.13. The van der Waals surface area contributed by atoms with Crippen LogP contribution in [0.25, 0.3) is 21.8 Å². The van der Waals surface area contributed by atoms with Gasteiger partial charge in [0.2, 0.25) is 0 Å². The van der Waals surface area contributed by atoms with Gasteiger partial charge in [-0.1, -0.05) is 51.5 Å². The molecule has 2 heterocycles. The van der Waals surface area contributed by atoms with Crippen LogP contribution in [0.5, 0.6) is 0 Å². The fourth-order valence-corrected chi connectivity index (χ4v) is 4.49. The van der Waals surface area contributed by atoms with Crippen molar-refractivity contribution < 1.29 is 88.3 Å². The van der Waals surface area contributed by atoms with Crippen molar-refractivity contribution in [1.82, 2.24) is 9.97 Å². The third-order valence-electron chi connectivity index (χ3n) is 5.86. The van der Waals surface area contributed by atoms with Gasteiger partial charge in [0.15, 0.2) is 0 Å². The zero-order valence-electron chi connectivity index (χ0n) is 16.0. The van der Waals surface area contributed by atoms with Crippen LogP contribution in [0, 0.1) is 58.1 Å². The molecule has 0 radical (unpaired) electrons. The Bertz CT molecular complexity index is 884. The predicted molar refractivity (Wildman–Crippen MR) is 101 cm³/mol. The van der Waals surface area contributed by atoms with Crippen molar-refractivity contribution in [2.75, 3.05) is 0 Å². The average Bonchev–Trinajstić information content (AvgIpc) is 2.61. The number of halogens is 2. The molecule has 1 unspecified atom stereocenters. The summed E-state index contributed by atoms with van der Waals surface area (Å²) in [4.78, 5) is 9.73. The van der Waals surface area contributed by atoms with Crippen LogP contribution in [-0.4, -0.2) is 9.97 Å². The van der Waals surface area contributed by atoms with E-state index in [1.54, 1.807) is 0 Å². The summed E-state index contributed by atoms with van der Waals surface area (Å²) in [5, 5.41) is 2.36. The van der Waals surface area contributed by atoms with E-state index in [9.17, 15) is 0 Å². The van der Waals surface area contributed by atoms with E-state index in [0.29, 0.717) is 11.8 Å². The van der Waals surface area contributed by atoms with Crippen molar-refractivity contribution in [2.24, 2.45) is 17.8 Å². The van der Waals surface area contributed by atoms with Crippen LogP contribution in [-0.2, 0) is 0 Å². The molecule has 3 aromatic rings. The first-order valence-corrected chi connectivity index (χ1v) is 9.28. The van der Waals surface area contributed by atoms with Crippen molar-refractivity contribution in [1.29, 1.82) is 0 Å². The van der Waals surface area contributed by atoms with Crippen LogP contribution in [0.15, 0.2) is 42.6 Å². The molecule has 2 aromatic heterocycles. The van der Waals surface area contributed by atoms with Gasteiger partial charge in [0.25, 0.3) is 0 Å². The van der Waals surface area contributed by atoms with E-state index in [2.05, 4.69) is 56.1 Å². The Balaban J connectivity index is 0.00000121. The zero-order chi connectivity index (χ0) is 16.7. The van der Waals surface area contributed by atoms with Crippen molar-refractivity contribution >= 4 is 21.8 Å². The summed E-state index contributed by atoms with van der Waals surface area (Å²) in [6, 6.07) is 12.9. The first-order chi connectivity index (χ1) is 11.6. The van der Waals surface area contributed by atoms with Gasteiger partial charge in [-0.2, -0.15) is 0 Å². The Labute approximate surface area is 229 Å². The van der Waals surface area contributed by atoms with Gasteiger partial charge in [-0.15, -0.1) is 0 Å². The van der Waals surface area contributed by atoms with Crippen LogP contribution in [0.2, 0.25) is 0 Å². The molecule has 144 valence electrons. The first kappa shape index (κ1) is 25.9. The number of hydrogen-bond donors (Lipinski definition) is 0. The fraction of sp³-hybridized carbons (Fsp3) is 0.455. The number of hydrogen-bond acceptors (Lipinski definition) is 2. The second-order valence-corrected chi connectivity index (χ2v) is 7.88. The molecule has 1 fully saturated rings. The van der Waals surface area contributed by atoms with Gasteiger partial charge in [0, 0.05) is 28.6 Å². The molecule has 27 heavy (non-hydrogen) atoms. The molecule has 2 nitrogen and oxygen atoms in total. The molecule has 5 heteroatoms. The normalized spacial score (nSPS) is 22.0. The second kappa shape index (κ2) is 11.3. The molecular weight excluding hydrogens is 696 g/mol. The van der Waals surface area contributed by atoms with E-state index >= 15 is 0 Å². The molecule has 0 spiro atoms. The Hall–Kier alpha value is 0.838. The summed E-state index contributed by atoms with van der Waals surface area (Å²) in [5.41, 5.74) is 3.36. The molecule has 1 aliphatic rings. The van der Waals surface area contributed by atoms with Crippen molar-refractivity contribution in [3.05, 3.63) is 48.3 Å². The van der Waals surface area contributed by atoms with Crippen LogP contribution in [0.3, 0.4) is 0 Å². The molecule has 4 rings (SSSR count). The summed E-state index contributed by atoms with van der Waals surface area (Å²) in [5.74, 6) is 2.84. The number of fused-ring (bicyclic) bond motifs is 3. The molecule has 0 amide bonds. The van der Waals surface area contributed by atoms with Crippen molar-refractivity contribution in [2.45, 2.75) is 46.0 Å². The molecule has 0 aliphatic heterocycles. The number of rotatable bonds is 2. The SMILES string of the molecule is CC(C)[C@H]1CC[C@H](C)CC1c1ccc2ccc3cccnc3c2n1.[I-].[I-].[Sm+2]. The minimum Gasteiger partial charge on any atom is -1.00 e. The number of pyridine rings is 2. The number of aromatic nitrogens is 2. The third-order valence-corrected chi connectivity index (χ3v) is 5.86. The Morgan fingerprint density at radius 3 is 2.30 bits per heavy atom. The predicted octanol–water partition coefficient (Wildman–Crippen LogP) is -0.0332. The topological polar surface area (TPSA) is 25.8 Å². The van der Waals surface area contributed by atoms with E-state index in [1.807, 2.05) is 12.3 Å². The molecule has 1 aromatic carbocycles. The van der Waals surface area contributed by atoms with Crippen LogP contribution in [0.1, 0.15) is 51.6 Å². The quantitative estimate of drug-likeness (QED) is 0.275. The fourth-order valence-electron chi connectivity index (χ4n) is 4.49. The third kappa shape index (κ3) is 5.51. The van der Waals surface area contributed by atoms with E-state index < -0.39 is 0 Å². The number of benzene rings is 1. The first-order valence-electron chi connectivity index (χ1n) is 9.28. The summed E-state index contributed by atoms with van der Waals surface area (Å²) < 4.78 is 0. The summed E-state index contributed by atoms with van der Waals surface area (Å²) in [6.07, 6.45) is 5.82. The monoisotopic (exact) mass is 724 g/mol. The largest absolute Gasteiger partial charge is 2.00 e. The van der Waals surface area contributed by atoms with Gasteiger partial charge < -0.3 is 48.0 Å². The van der Waals surface area contributed by atoms with Gasteiger partial charge in [-0.05, 0) is 42.7 Å². The van der Waals surface area contributed by atoms with Gasteiger partial charge in [-0.25, -0.2) is 0 Å². The molecule has 0 saturated heterocycles. The number of nitrogens with zero attached hydrogens (tertiary/aromatic N) is 2. The van der Waals surface area contributed by atoms with Gasteiger partial charge >= 0.3 is 40.4 Å². The van der Waals surface area contributed by atoms with Crippen LogP contribution >= 0.6 is 0 Å². The van der Waals surface area contributed by atoms with Crippen molar-refractivity contribution in [3.63, 3.8) is 0 Å². The molecule has 1 saturated carbocycles. The van der Waals surface area contributed by atoms with Gasteiger partial charge in [0.05, 0.1) is 11.0 Å². The van der Waals surface area contributed by atoms with Gasteiger partial charge in [0.1, 0.15) is 0 Å². The maximum atomic E-state index is 5.13. The maximum Gasteiger partial charge on any atom is 2.00 e. The van der Waals surface area contributed by atoms with E-state index in [-0.39, 0.29) is 88.3 Å². The Kier molecular flexibility index (Phi) is 10.8. The molecule has 0 N–H and O–H groups in total. The van der Waals surface area contributed by atoms with E-state index in [1.165, 1.54) is 35.7 Å². The van der Waals surface area contributed by atoms with Crippen LogP contribution in [0.4, 0.5) is 0 Å². The van der Waals surface area contributed by atoms with E-state index in [0.717, 1.165) is 22.9 Å². The summed E-state index contributed by atoms with van der Waals surface area (Å²) >= 11 is 0. The standard InChI is InChI=1S/C22H26N2.2HI.Sm/c1-14(2)18-10-6-15(3)13-19(18)20-11-9-17-8-7-16-5-4-12-23-21(16)22(17)24-20;;;/h4-5,7-9,11-12,14-15,18-19H,6,10,13H2,1-3H3;2*1H;/q;;;+2/p-2/t15-,18+,19?;;;/m0.../s1. The molecule has 0 bridgehead atoms. The molecule has 1 aliphatic carbocycles. The minimum atomic E-state index is 0. The second-order valence-electron chi connectivity index (χ2n) is 7.88. The minimum absolute atomic E-state index is 0. The smallest absolute Gasteiger partial charge is 1.00 e. The van der Waals surface area contributed by atoms with Crippen molar-refractivity contribution in [3.8, 4) is 0 Å². The summed E-state index contributed by atoms with van der Waals surface area (Å²) in [7, 11) is 0. The molecule has 3 atom stereocenters. The van der Waals surface area contributed by atoms with Gasteiger partial charge in [-0.3, -0.25) is 9.97 Å². The Morgan fingerprint density at radius 2 is 1.59 bits per heavy atom. The average molecular weight is 723 g/mol.